The summed E-state index contributed by atoms with van der Waals surface area (Å²) in [5, 5.41) is 23.8. The highest BCUT2D eigenvalue weighted by molar-refractivity contribution is 5.97. The fourth-order valence-electron chi connectivity index (χ4n) is 5.07. The molecule has 5 nitrogen and oxygen atoms in total. The summed E-state index contributed by atoms with van der Waals surface area (Å²) in [6, 6.07) is 3.02. The lowest BCUT2D eigenvalue weighted by Crippen LogP contribution is -2.62. The lowest BCUT2D eigenvalue weighted by molar-refractivity contribution is -0.134. The predicted molar refractivity (Wildman–Crippen MR) is 84.3 cm³/mol. The zero-order valence-corrected chi connectivity index (χ0v) is 13.2. The van der Waals surface area contributed by atoms with Gasteiger partial charge in [-0.3, -0.25) is 9.59 Å². The Morgan fingerprint density at radius 1 is 1.43 bits per heavy atom. The van der Waals surface area contributed by atoms with Gasteiger partial charge in [-0.1, -0.05) is 0 Å². The average Bonchev–Trinajstić information content (AvgIpc) is 2.51. The van der Waals surface area contributed by atoms with Crippen LogP contribution in [0.1, 0.15) is 54.1 Å². The van der Waals surface area contributed by atoms with Crippen molar-refractivity contribution >= 4 is 11.6 Å². The Balaban J connectivity index is 1.99. The van der Waals surface area contributed by atoms with E-state index < -0.39 is 5.41 Å². The average molecular weight is 314 g/mol. The number of Topliss-reactive ketones (excluding diaryl/α,β-unsaturated/α-hetero) is 2. The predicted octanol–water partition coefficient (Wildman–Crippen LogP) is 2.33. The zero-order chi connectivity index (χ0) is 16.4. The molecule has 0 aromatic heterocycles. The number of fused-ring (bicyclic) bond motifs is 1. The van der Waals surface area contributed by atoms with Crippen molar-refractivity contribution in [1.82, 2.24) is 5.06 Å². The molecule has 4 rings (SSSR count). The molecule has 2 fully saturated rings. The molecule has 1 aliphatic heterocycles. The van der Waals surface area contributed by atoms with Crippen molar-refractivity contribution in [2.45, 2.75) is 50.5 Å². The van der Waals surface area contributed by atoms with Crippen molar-refractivity contribution < 1.29 is 14.7 Å². The molecule has 1 aromatic rings. The van der Waals surface area contributed by atoms with Crippen molar-refractivity contribution in [2.75, 3.05) is 6.54 Å². The molecule has 0 radical (unpaired) electrons. The van der Waals surface area contributed by atoms with E-state index in [9.17, 15) is 19.9 Å². The number of nitrogens with zero attached hydrogens (tertiary/aromatic N) is 1. The van der Waals surface area contributed by atoms with E-state index in [1.165, 1.54) is 13.0 Å². The van der Waals surface area contributed by atoms with Crippen LogP contribution in [0.4, 0.5) is 0 Å². The molecular weight excluding hydrogens is 294 g/mol. The monoisotopic (exact) mass is 314 g/mol. The Kier molecular flexibility index (Phi) is 3.15. The van der Waals surface area contributed by atoms with Gasteiger partial charge in [0.15, 0.2) is 5.78 Å². The highest BCUT2D eigenvalue weighted by atomic mass is 16.5. The molecule has 1 aromatic carbocycles. The summed E-state index contributed by atoms with van der Waals surface area (Å²) in [6.45, 7) is 1.81. The van der Waals surface area contributed by atoms with Crippen LogP contribution in [-0.2, 0) is 16.6 Å². The van der Waals surface area contributed by atoms with Crippen molar-refractivity contribution in [3.05, 3.63) is 34.0 Å². The molecular formula is C18H20NO4-. The molecule has 1 N–H and O–H groups in total. The molecule has 1 saturated heterocycles. The first-order valence-electron chi connectivity index (χ1n) is 8.29. The summed E-state index contributed by atoms with van der Waals surface area (Å²) in [6.07, 6.45) is 3.16. The van der Waals surface area contributed by atoms with Gasteiger partial charge >= 0.3 is 0 Å². The largest absolute Gasteiger partial charge is 0.785 e. The minimum Gasteiger partial charge on any atom is -0.785 e. The van der Waals surface area contributed by atoms with Crippen molar-refractivity contribution in [3.63, 3.8) is 0 Å². The number of benzene rings is 1. The number of phenols is 1. The molecule has 0 amide bonds. The topological polar surface area (TPSA) is 80.7 Å². The summed E-state index contributed by atoms with van der Waals surface area (Å²) >= 11 is 0. The molecule has 23 heavy (non-hydrogen) atoms. The minimum atomic E-state index is -0.680. The molecule has 122 valence electrons. The molecule has 1 heterocycles. The van der Waals surface area contributed by atoms with Crippen LogP contribution >= 0.6 is 0 Å². The molecule has 5 heteroatoms. The number of carbonyl (C=O) groups is 2. The van der Waals surface area contributed by atoms with E-state index in [0.29, 0.717) is 36.9 Å². The Hall–Kier alpha value is -1.72. The number of piperidine rings is 1. The zero-order valence-electron chi connectivity index (χ0n) is 13.2. The van der Waals surface area contributed by atoms with Gasteiger partial charge in [0.05, 0.1) is 5.41 Å². The standard InChI is InChI=1S/C18H20NO4/c1-10(20)11-7-14-12(16(21)8-11)9-15-13-3-2-4-17(22)18(13,14)5-6-19(15)23/h7-8,13,15,21H,2-6,9H2,1H3/q-1/t13-,15+,18-/m0/s1. The lowest BCUT2D eigenvalue weighted by Gasteiger charge is -2.60. The van der Waals surface area contributed by atoms with Gasteiger partial charge in [0.1, 0.15) is 11.5 Å². The van der Waals surface area contributed by atoms with Crippen LogP contribution in [-0.4, -0.2) is 34.3 Å². The maximum Gasteiger partial charge on any atom is 0.159 e. The second-order valence-electron chi connectivity index (χ2n) is 7.13. The first kappa shape index (κ1) is 14.8. The quantitative estimate of drug-likeness (QED) is 0.805. The highest BCUT2D eigenvalue weighted by Crippen LogP contribution is 2.55. The molecule has 0 unspecified atom stereocenters. The Morgan fingerprint density at radius 2 is 2.22 bits per heavy atom. The number of hydroxylamine groups is 2. The van der Waals surface area contributed by atoms with E-state index >= 15 is 0 Å². The minimum absolute atomic E-state index is 0.00380. The molecule has 3 atom stereocenters. The fourth-order valence-corrected chi connectivity index (χ4v) is 5.07. The van der Waals surface area contributed by atoms with Crippen molar-refractivity contribution in [2.24, 2.45) is 5.92 Å². The van der Waals surface area contributed by atoms with Crippen LogP contribution < -0.4 is 0 Å². The van der Waals surface area contributed by atoms with Gasteiger partial charge < -0.3 is 15.4 Å². The van der Waals surface area contributed by atoms with Gasteiger partial charge in [-0.15, -0.1) is 0 Å². The van der Waals surface area contributed by atoms with Crippen LogP contribution in [0, 0.1) is 11.1 Å². The third-order valence-electron chi connectivity index (χ3n) is 6.14. The summed E-state index contributed by atoms with van der Waals surface area (Å²) in [4.78, 5) is 24.7. The van der Waals surface area contributed by atoms with Crippen LogP contribution in [0.3, 0.4) is 0 Å². The molecule has 1 saturated carbocycles. The molecule has 0 spiro atoms. The third kappa shape index (κ3) is 1.86. The van der Waals surface area contributed by atoms with E-state index in [-0.39, 0.29) is 29.3 Å². The summed E-state index contributed by atoms with van der Waals surface area (Å²) < 4.78 is 0. The maximum atomic E-state index is 12.9. The maximum absolute atomic E-state index is 12.9. The smallest absolute Gasteiger partial charge is 0.159 e. The number of ketones is 2. The number of carbonyl (C=O) groups excluding carboxylic acids is 2. The second-order valence-corrected chi connectivity index (χ2v) is 7.13. The SMILES string of the molecule is CC(=O)c1cc(O)c2c(c1)[C@]13CCN([O-])[C@H](C2)[C@@H]1CCCC3=O. The van der Waals surface area contributed by atoms with Gasteiger partial charge in [-0.05, 0) is 68.3 Å². The van der Waals surface area contributed by atoms with Gasteiger partial charge in [-0.25, -0.2) is 0 Å². The highest BCUT2D eigenvalue weighted by Gasteiger charge is 2.57. The van der Waals surface area contributed by atoms with Crippen LogP contribution in [0.25, 0.3) is 0 Å². The Morgan fingerprint density at radius 3 is 2.96 bits per heavy atom. The summed E-state index contributed by atoms with van der Waals surface area (Å²) in [5.74, 6) is 0.101. The normalized spacial score (nSPS) is 33.0. The number of phenolic OH excluding ortho intramolecular Hbond substituents is 1. The lowest BCUT2D eigenvalue weighted by atomic mass is 9.52. The molecule has 2 bridgehead atoms. The van der Waals surface area contributed by atoms with Crippen LogP contribution in [0.15, 0.2) is 12.1 Å². The van der Waals surface area contributed by atoms with Gasteiger partial charge in [0.25, 0.3) is 0 Å². The fraction of sp³-hybridized carbons (Fsp3) is 0.556. The Bertz CT molecular complexity index is 713. The van der Waals surface area contributed by atoms with Gasteiger partial charge in [0.2, 0.25) is 0 Å². The Labute approximate surface area is 134 Å². The second kappa shape index (κ2) is 4.89. The van der Waals surface area contributed by atoms with E-state index in [2.05, 4.69) is 0 Å². The number of rotatable bonds is 1. The van der Waals surface area contributed by atoms with E-state index in [1.54, 1.807) is 6.07 Å². The number of aromatic hydroxyl groups is 1. The molecule has 3 aliphatic rings. The van der Waals surface area contributed by atoms with E-state index in [0.717, 1.165) is 23.5 Å². The molecule has 2 aliphatic carbocycles. The number of hydrogen-bond donors (Lipinski definition) is 1. The van der Waals surface area contributed by atoms with Crippen LogP contribution in [0.2, 0.25) is 0 Å². The van der Waals surface area contributed by atoms with Crippen LogP contribution in [0.5, 0.6) is 5.75 Å². The van der Waals surface area contributed by atoms with Crippen molar-refractivity contribution in [1.29, 1.82) is 0 Å². The van der Waals surface area contributed by atoms with Gasteiger partial charge in [0, 0.05) is 18.0 Å². The van der Waals surface area contributed by atoms with E-state index in [1.807, 2.05) is 0 Å². The summed E-state index contributed by atoms with van der Waals surface area (Å²) in [5.41, 5.74) is 1.25. The first-order valence-corrected chi connectivity index (χ1v) is 8.29. The first-order chi connectivity index (χ1) is 10.9. The van der Waals surface area contributed by atoms with Gasteiger partial charge in [-0.2, -0.15) is 0 Å². The van der Waals surface area contributed by atoms with Crippen molar-refractivity contribution in [3.8, 4) is 5.75 Å². The van der Waals surface area contributed by atoms with E-state index in [4.69, 9.17) is 0 Å². The summed E-state index contributed by atoms with van der Waals surface area (Å²) in [7, 11) is 0. The third-order valence-corrected chi connectivity index (χ3v) is 6.14. The number of hydrogen-bond acceptors (Lipinski definition) is 5.